The molecule has 2 rings (SSSR count). The highest BCUT2D eigenvalue weighted by Crippen LogP contribution is 2.36. The van der Waals surface area contributed by atoms with Crippen molar-refractivity contribution in [2.75, 3.05) is 20.3 Å². The summed E-state index contributed by atoms with van der Waals surface area (Å²) in [6.07, 6.45) is 3.14. The van der Waals surface area contributed by atoms with Gasteiger partial charge in [-0.25, -0.2) is 0 Å². The summed E-state index contributed by atoms with van der Waals surface area (Å²) in [6, 6.07) is 11.1. The SMILES string of the molecule is CCOc1cccc(CNC(=O)C=Cc2cc(Cl)c(OC)c(OCC)c2)c1. The highest BCUT2D eigenvalue weighted by atomic mass is 35.5. The van der Waals surface area contributed by atoms with Crippen molar-refractivity contribution in [1.29, 1.82) is 0 Å². The van der Waals surface area contributed by atoms with Crippen LogP contribution in [0.2, 0.25) is 5.02 Å². The van der Waals surface area contributed by atoms with Crippen molar-refractivity contribution >= 4 is 23.6 Å². The van der Waals surface area contributed by atoms with Crippen LogP contribution in [0, 0.1) is 0 Å². The fraction of sp³-hybridized carbons (Fsp3) is 0.286. The molecule has 144 valence electrons. The molecule has 1 N–H and O–H groups in total. The molecule has 5 nitrogen and oxygen atoms in total. The summed E-state index contributed by atoms with van der Waals surface area (Å²) < 4.78 is 16.2. The molecule has 0 bridgehead atoms. The summed E-state index contributed by atoms with van der Waals surface area (Å²) in [6.45, 7) is 5.32. The zero-order valence-electron chi connectivity index (χ0n) is 15.8. The zero-order valence-corrected chi connectivity index (χ0v) is 16.5. The van der Waals surface area contributed by atoms with Crippen LogP contribution in [0.5, 0.6) is 17.2 Å². The Hall–Kier alpha value is -2.66. The molecule has 27 heavy (non-hydrogen) atoms. The number of halogens is 1. The van der Waals surface area contributed by atoms with Crippen molar-refractivity contribution < 1.29 is 19.0 Å². The molecule has 0 fully saturated rings. The molecular weight excluding hydrogens is 366 g/mol. The Kier molecular flexibility index (Phi) is 8.01. The van der Waals surface area contributed by atoms with E-state index < -0.39 is 0 Å². The number of hydrogen-bond donors (Lipinski definition) is 1. The van der Waals surface area contributed by atoms with Gasteiger partial charge in [-0.3, -0.25) is 4.79 Å². The molecule has 0 aliphatic rings. The van der Waals surface area contributed by atoms with E-state index in [1.165, 1.54) is 13.2 Å². The van der Waals surface area contributed by atoms with Gasteiger partial charge in [-0.1, -0.05) is 23.7 Å². The Bertz CT molecular complexity index is 805. The molecule has 2 aromatic carbocycles. The number of carbonyl (C=O) groups excluding carboxylic acids is 1. The van der Waals surface area contributed by atoms with Crippen LogP contribution >= 0.6 is 11.6 Å². The Morgan fingerprint density at radius 3 is 2.63 bits per heavy atom. The van der Waals surface area contributed by atoms with Crippen LogP contribution < -0.4 is 19.5 Å². The lowest BCUT2D eigenvalue weighted by Crippen LogP contribution is -2.20. The lowest BCUT2D eigenvalue weighted by Gasteiger charge is -2.11. The maximum atomic E-state index is 12.1. The van der Waals surface area contributed by atoms with Crippen LogP contribution in [0.25, 0.3) is 6.08 Å². The van der Waals surface area contributed by atoms with E-state index in [-0.39, 0.29) is 5.91 Å². The van der Waals surface area contributed by atoms with Crippen molar-refractivity contribution in [3.8, 4) is 17.2 Å². The summed E-state index contributed by atoms with van der Waals surface area (Å²) >= 11 is 6.22. The molecule has 1 amide bonds. The minimum Gasteiger partial charge on any atom is -0.494 e. The fourth-order valence-corrected chi connectivity index (χ4v) is 2.77. The largest absolute Gasteiger partial charge is 0.494 e. The van der Waals surface area contributed by atoms with Gasteiger partial charge in [0.15, 0.2) is 11.5 Å². The Morgan fingerprint density at radius 1 is 1.15 bits per heavy atom. The molecule has 0 radical (unpaired) electrons. The van der Waals surface area contributed by atoms with Crippen LogP contribution in [0.3, 0.4) is 0 Å². The van der Waals surface area contributed by atoms with Crippen molar-refractivity contribution in [2.45, 2.75) is 20.4 Å². The average Bonchev–Trinajstić information content (AvgIpc) is 2.65. The third-order valence-corrected chi connectivity index (χ3v) is 3.92. The number of methoxy groups -OCH3 is 1. The lowest BCUT2D eigenvalue weighted by molar-refractivity contribution is -0.116. The second kappa shape index (κ2) is 10.5. The standard InChI is InChI=1S/C21H24ClNO4/c1-4-26-17-8-6-7-16(11-17)14-23-20(24)10-9-15-12-18(22)21(25-3)19(13-15)27-5-2/h6-13H,4-5,14H2,1-3H3,(H,23,24). The number of amides is 1. The summed E-state index contributed by atoms with van der Waals surface area (Å²) in [5.74, 6) is 1.60. The molecular formula is C21H24ClNO4. The minimum absolute atomic E-state index is 0.207. The number of rotatable bonds is 9. The Balaban J connectivity index is 2.01. The van der Waals surface area contributed by atoms with Crippen molar-refractivity contribution in [2.24, 2.45) is 0 Å². The maximum absolute atomic E-state index is 12.1. The summed E-state index contributed by atoms with van der Waals surface area (Å²) in [5, 5.41) is 3.27. The highest BCUT2D eigenvalue weighted by Gasteiger charge is 2.10. The lowest BCUT2D eigenvalue weighted by atomic mass is 10.1. The van der Waals surface area contributed by atoms with E-state index in [2.05, 4.69) is 5.32 Å². The second-order valence-electron chi connectivity index (χ2n) is 5.60. The van der Waals surface area contributed by atoms with Gasteiger partial charge < -0.3 is 19.5 Å². The first-order valence-electron chi connectivity index (χ1n) is 8.75. The van der Waals surface area contributed by atoms with Gasteiger partial charge in [0, 0.05) is 12.6 Å². The van der Waals surface area contributed by atoms with Gasteiger partial charge in [-0.15, -0.1) is 0 Å². The van der Waals surface area contributed by atoms with Gasteiger partial charge in [0.2, 0.25) is 5.91 Å². The average molecular weight is 390 g/mol. The molecule has 0 spiro atoms. The predicted octanol–water partition coefficient (Wildman–Crippen LogP) is 4.48. The van der Waals surface area contributed by atoms with Crippen LogP contribution in [-0.2, 0) is 11.3 Å². The molecule has 0 saturated carbocycles. The van der Waals surface area contributed by atoms with E-state index in [4.69, 9.17) is 25.8 Å². The summed E-state index contributed by atoms with van der Waals surface area (Å²) in [5.41, 5.74) is 1.71. The maximum Gasteiger partial charge on any atom is 0.244 e. The fourth-order valence-electron chi connectivity index (χ4n) is 2.48. The molecule has 2 aromatic rings. The summed E-state index contributed by atoms with van der Waals surface area (Å²) in [7, 11) is 1.53. The Morgan fingerprint density at radius 2 is 1.93 bits per heavy atom. The predicted molar refractivity (Wildman–Crippen MR) is 108 cm³/mol. The smallest absolute Gasteiger partial charge is 0.244 e. The van der Waals surface area contributed by atoms with Gasteiger partial charge in [-0.05, 0) is 55.3 Å². The monoisotopic (exact) mass is 389 g/mol. The van der Waals surface area contributed by atoms with Gasteiger partial charge in [-0.2, -0.15) is 0 Å². The van der Waals surface area contributed by atoms with E-state index in [0.717, 1.165) is 16.9 Å². The van der Waals surface area contributed by atoms with E-state index in [1.807, 2.05) is 38.1 Å². The van der Waals surface area contributed by atoms with Gasteiger partial charge >= 0.3 is 0 Å². The third kappa shape index (κ3) is 6.22. The third-order valence-electron chi connectivity index (χ3n) is 3.64. The topological polar surface area (TPSA) is 56.8 Å². The molecule has 6 heteroatoms. The molecule has 0 aliphatic carbocycles. The van der Waals surface area contributed by atoms with Crippen molar-refractivity contribution in [3.63, 3.8) is 0 Å². The molecule has 0 aromatic heterocycles. The first-order valence-corrected chi connectivity index (χ1v) is 9.13. The molecule has 0 saturated heterocycles. The van der Waals surface area contributed by atoms with Gasteiger partial charge in [0.1, 0.15) is 5.75 Å². The molecule has 0 unspecified atom stereocenters. The highest BCUT2D eigenvalue weighted by molar-refractivity contribution is 6.32. The molecule has 0 atom stereocenters. The normalized spacial score (nSPS) is 10.7. The van der Waals surface area contributed by atoms with Crippen LogP contribution in [-0.4, -0.2) is 26.2 Å². The van der Waals surface area contributed by atoms with E-state index in [0.29, 0.717) is 36.3 Å². The minimum atomic E-state index is -0.207. The number of nitrogens with one attached hydrogen (secondary N) is 1. The number of carbonyl (C=O) groups is 1. The van der Waals surface area contributed by atoms with Gasteiger partial charge in [0.25, 0.3) is 0 Å². The van der Waals surface area contributed by atoms with Crippen LogP contribution in [0.4, 0.5) is 0 Å². The zero-order chi connectivity index (χ0) is 19.6. The van der Waals surface area contributed by atoms with Crippen molar-refractivity contribution in [1.82, 2.24) is 5.32 Å². The first kappa shape index (κ1) is 20.6. The van der Waals surface area contributed by atoms with E-state index in [9.17, 15) is 4.79 Å². The first-order chi connectivity index (χ1) is 13.1. The molecule has 0 heterocycles. The second-order valence-corrected chi connectivity index (χ2v) is 6.01. The van der Waals surface area contributed by atoms with E-state index >= 15 is 0 Å². The quantitative estimate of drug-likeness (QED) is 0.642. The number of hydrogen-bond acceptors (Lipinski definition) is 4. The van der Waals surface area contributed by atoms with Gasteiger partial charge in [0.05, 0.1) is 25.3 Å². The van der Waals surface area contributed by atoms with Crippen LogP contribution in [0.1, 0.15) is 25.0 Å². The van der Waals surface area contributed by atoms with Crippen LogP contribution in [0.15, 0.2) is 42.5 Å². The molecule has 0 aliphatic heterocycles. The van der Waals surface area contributed by atoms with E-state index in [1.54, 1.807) is 18.2 Å². The summed E-state index contributed by atoms with van der Waals surface area (Å²) in [4.78, 5) is 12.1. The number of benzene rings is 2. The Labute approximate surface area is 164 Å². The number of ether oxygens (including phenoxy) is 3. The van der Waals surface area contributed by atoms with Crippen molar-refractivity contribution in [3.05, 3.63) is 58.6 Å².